The minimum atomic E-state index is -0.294. The standard InChI is InChI=1S/C22H21ClN2O4/c1-13-18(23)5-2-6-19(13)25-22-17(21(27)24-12-16-4-3-9-28-16)10-14-7-8-15(26)11-20(14)29-22/h2,5-8,10-11,16,26H,3-4,9,12H2,1H3,(H,24,27)/t16-/m0/s1. The fourth-order valence-corrected chi connectivity index (χ4v) is 3.46. The summed E-state index contributed by atoms with van der Waals surface area (Å²) < 4.78 is 11.5. The van der Waals surface area contributed by atoms with Crippen LogP contribution in [0.1, 0.15) is 28.8 Å². The molecule has 2 N–H and O–H groups in total. The Morgan fingerprint density at radius 2 is 2.17 bits per heavy atom. The van der Waals surface area contributed by atoms with Crippen molar-refractivity contribution in [1.82, 2.24) is 5.32 Å². The maximum absolute atomic E-state index is 12.9. The number of hydrogen-bond donors (Lipinski definition) is 2. The second-order valence-corrected chi connectivity index (χ2v) is 7.44. The molecule has 4 rings (SSSR count). The molecule has 0 bridgehead atoms. The van der Waals surface area contributed by atoms with Gasteiger partial charge in [-0.2, -0.15) is 0 Å². The number of carbonyl (C=O) groups is 1. The predicted octanol–water partition coefficient (Wildman–Crippen LogP) is 4.24. The van der Waals surface area contributed by atoms with Gasteiger partial charge in [-0.15, -0.1) is 0 Å². The number of benzene rings is 2. The molecule has 0 unspecified atom stereocenters. The molecule has 2 aromatic carbocycles. The summed E-state index contributed by atoms with van der Waals surface area (Å²) in [6, 6.07) is 11.8. The molecule has 0 spiro atoms. The molecule has 1 fully saturated rings. The van der Waals surface area contributed by atoms with Gasteiger partial charge in [-0.3, -0.25) is 4.79 Å². The highest BCUT2D eigenvalue weighted by Gasteiger charge is 2.19. The number of nitrogens with one attached hydrogen (secondary N) is 1. The molecule has 150 valence electrons. The van der Waals surface area contributed by atoms with Gasteiger partial charge in [-0.25, -0.2) is 4.99 Å². The zero-order valence-corrected chi connectivity index (χ0v) is 16.7. The van der Waals surface area contributed by atoms with Crippen molar-refractivity contribution in [2.75, 3.05) is 13.2 Å². The van der Waals surface area contributed by atoms with Gasteiger partial charge in [-0.1, -0.05) is 17.7 Å². The summed E-state index contributed by atoms with van der Waals surface area (Å²) in [5, 5.41) is 13.9. The molecule has 7 heteroatoms. The van der Waals surface area contributed by atoms with Crippen LogP contribution in [0.15, 0.2) is 51.9 Å². The van der Waals surface area contributed by atoms with E-state index in [-0.39, 0.29) is 23.3 Å². The second kappa shape index (κ2) is 8.27. The van der Waals surface area contributed by atoms with Crippen LogP contribution in [0.4, 0.5) is 5.69 Å². The minimum Gasteiger partial charge on any atom is -0.508 e. The Morgan fingerprint density at radius 1 is 1.31 bits per heavy atom. The number of fused-ring (bicyclic) bond motifs is 1. The SMILES string of the molecule is Cc1c(Cl)cccc1N=c1oc2cc(O)ccc2cc1C(=O)NC[C@@H]1CCCO1. The summed E-state index contributed by atoms with van der Waals surface area (Å²) in [5.41, 5.74) is 2.28. The van der Waals surface area contributed by atoms with Crippen molar-refractivity contribution in [1.29, 1.82) is 0 Å². The number of carbonyl (C=O) groups excluding carboxylic acids is 1. The third-order valence-electron chi connectivity index (χ3n) is 4.95. The zero-order valence-electron chi connectivity index (χ0n) is 15.9. The van der Waals surface area contributed by atoms with Gasteiger partial charge >= 0.3 is 0 Å². The summed E-state index contributed by atoms with van der Waals surface area (Å²) in [6.45, 7) is 3.01. The highest BCUT2D eigenvalue weighted by atomic mass is 35.5. The molecule has 0 saturated carbocycles. The van der Waals surface area contributed by atoms with Crippen LogP contribution in [0.2, 0.25) is 5.02 Å². The normalized spacial score (nSPS) is 17.0. The predicted molar refractivity (Wildman–Crippen MR) is 111 cm³/mol. The minimum absolute atomic E-state index is 0.0313. The third-order valence-corrected chi connectivity index (χ3v) is 5.36. The molecule has 1 aliphatic heterocycles. The lowest BCUT2D eigenvalue weighted by atomic mass is 10.1. The van der Waals surface area contributed by atoms with E-state index in [1.165, 1.54) is 6.07 Å². The number of halogens is 1. The van der Waals surface area contributed by atoms with Crippen LogP contribution < -0.4 is 10.9 Å². The highest BCUT2D eigenvalue weighted by Crippen LogP contribution is 2.26. The molecule has 6 nitrogen and oxygen atoms in total. The molecule has 3 aromatic rings. The molecular formula is C22H21ClN2O4. The van der Waals surface area contributed by atoms with Gasteiger partial charge in [0.15, 0.2) is 0 Å². The van der Waals surface area contributed by atoms with Crippen LogP contribution >= 0.6 is 11.6 Å². The van der Waals surface area contributed by atoms with Gasteiger partial charge in [0, 0.05) is 29.6 Å². The molecule has 1 saturated heterocycles. The Hall–Kier alpha value is -2.83. The van der Waals surface area contributed by atoms with E-state index in [1.54, 1.807) is 36.4 Å². The van der Waals surface area contributed by atoms with Gasteiger partial charge in [0.25, 0.3) is 5.91 Å². The molecule has 1 aromatic heterocycles. The lowest BCUT2D eigenvalue weighted by Crippen LogP contribution is -2.34. The first-order chi connectivity index (χ1) is 14.0. The quantitative estimate of drug-likeness (QED) is 0.671. The van der Waals surface area contributed by atoms with E-state index >= 15 is 0 Å². The first kappa shape index (κ1) is 19.5. The number of nitrogens with zero attached hydrogens (tertiary/aromatic N) is 1. The van der Waals surface area contributed by atoms with Crippen molar-refractivity contribution in [2.45, 2.75) is 25.9 Å². The fraction of sp³-hybridized carbons (Fsp3) is 0.273. The number of hydrogen-bond acceptors (Lipinski definition) is 5. The number of aromatic hydroxyl groups is 1. The molecular weight excluding hydrogens is 392 g/mol. The Kier molecular flexibility index (Phi) is 5.56. The van der Waals surface area contributed by atoms with Crippen LogP contribution in [0.3, 0.4) is 0 Å². The van der Waals surface area contributed by atoms with Gasteiger partial charge in [0.1, 0.15) is 16.9 Å². The molecule has 2 heterocycles. The van der Waals surface area contributed by atoms with E-state index in [2.05, 4.69) is 10.3 Å². The Labute approximate surface area is 172 Å². The number of phenols is 1. The van der Waals surface area contributed by atoms with E-state index in [0.717, 1.165) is 25.0 Å². The number of amides is 1. The molecule has 1 atom stereocenters. The monoisotopic (exact) mass is 412 g/mol. The van der Waals surface area contributed by atoms with Crippen LogP contribution in [0.25, 0.3) is 11.0 Å². The summed E-state index contributed by atoms with van der Waals surface area (Å²) in [5.74, 6) is -0.223. The van der Waals surface area contributed by atoms with E-state index < -0.39 is 0 Å². The summed E-state index contributed by atoms with van der Waals surface area (Å²) in [6.07, 6.45) is 1.97. The van der Waals surface area contributed by atoms with Gasteiger partial charge < -0.3 is 19.6 Å². The topological polar surface area (TPSA) is 84.1 Å². The molecule has 0 aliphatic carbocycles. The lowest BCUT2D eigenvalue weighted by molar-refractivity contribution is 0.0854. The maximum Gasteiger partial charge on any atom is 0.256 e. The van der Waals surface area contributed by atoms with Crippen LogP contribution in [-0.2, 0) is 4.74 Å². The van der Waals surface area contributed by atoms with Crippen molar-refractivity contribution in [3.05, 3.63) is 64.2 Å². The summed E-state index contributed by atoms with van der Waals surface area (Å²) in [7, 11) is 0. The average Bonchev–Trinajstić information content (AvgIpc) is 3.23. The average molecular weight is 413 g/mol. The van der Waals surface area contributed by atoms with E-state index in [9.17, 15) is 9.90 Å². The van der Waals surface area contributed by atoms with Crippen molar-refractivity contribution < 1.29 is 19.1 Å². The largest absolute Gasteiger partial charge is 0.508 e. The molecule has 1 aliphatic rings. The van der Waals surface area contributed by atoms with E-state index in [0.29, 0.717) is 33.8 Å². The van der Waals surface area contributed by atoms with Crippen molar-refractivity contribution in [2.24, 2.45) is 4.99 Å². The number of phenolic OH excluding ortho intramolecular Hbond substituents is 1. The van der Waals surface area contributed by atoms with E-state index in [1.807, 2.05) is 6.92 Å². The molecule has 0 radical (unpaired) electrons. The Bertz CT molecular complexity index is 1130. The smallest absolute Gasteiger partial charge is 0.256 e. The molecule has 29 heavy (non-hydrogen) atoms. The Balaban J connectivity index is 1.79. The van der Waals surface area contributed by atoms with Crippen molar-refractivity contribution in [3.8, 4) is 5.75 Å². The lowest BCUT2D eigenvalue weighted by Gasteiger charge is -2.11. The Morgan fingerprint density at radius 3 is 2.97 bits per heavy atom. The maximum atomic E-state index is 12.9. The fourth-order valence-electron chi connectivity index (χ4n) is 3.29. The highest BCUT2D eigenvalue weighted by molar-refractivity contribution is 6.31. The zero-order chi connectivity index (χ0) is 20.4. The summed E-state index contributed by atoms with van der Waals surface area (Å²) >= 11 is 6.20. The van der Waals surface area contributed by atoms with Crippen LogP contribution in [0.5, 0.6) is 5.75 Å². The first-order valence-corrected chi connectivity index (χ1v) is 9.85. The molecule has 1 amide bonds. The van der Waals surface area contributed by atoms with Crippen LogP contribution in [0, 0.1) is 6.92 Å². The third kappa shape index (κ3) is 4.28. The van der Waals surface area contributed by atoms with Crippen molar-refractivity contribution in [3.63, 3.8) is 0 Å². The van der Waals surface area contributed by atoms with E-state index in [4.69, 9.17) is 20.8 Å². The number of rotatable bonds is 4. The first-order valence-electron chi connectivity index (χ1n) is 9.48. The summed E-state index contributed by atoms with van der Waals surface area (Å²) in [4.78, 5) is 17.5. The van der Waals surface area contributed by atoms with Gasteiger partial charge in [-0.05, 0) is 55.7 Å². The van der Waals surface area contributed by atoms with Crippen LogP contribution in [-0.4, -0.2) is 30.3 Å². The second-order valence-electron chi connectivity index (χ2n) is 7.03. The van der Waals surface area contributed by atoms with Crippen molar-refractivity contribution >= 4 is 34.2 Å². The van der Waals surface area contributed by atoms with Gasteiger partial charge in [0.05, 0.1) is 11.8 Å². The number of ether oxygens (including phenoxy) is 1. The van der Waals surface area contributed by atoms with Gasteiger partial charge in [0.2, 0.25) is 5.55 Å².